The van der Waals surface area contributed by atoms with Gasteiger partial charge in [0, 0.05) is 17.0 Å². The first-order valence-electron chi connectivity index (χ1n) is 4.32. The molecule has 2 aromatic rings. The second-order valence-corrected chi connectivity index (χ2v) is 4.72. The van der Waals surface area contributed by atoms with Crippen molar-refractivity contribution < 1.29 is 0 Å². The highest BCUT2D eigenvalue weighted by molar-refractivity contribution is 7.06. The molecule has 0 amide bonds. The number of hydrogen-bond donors (Lipinski definition) is 1. The van der Waals surface area contributed by atoms with Crippen molar-refractivity contribution in [1.29, 1.82) is 0 Å². The van der Waals surface area contributed by atoms with Gasteiger partial charge in [-0.05, 0) is 29.7 Å². The molecule has 0 bridgehead atoms. The summed E-state index contributed by atoms with van der Waals surface area (Å²) in [5, 5.41) is 1.09. The molecule has 0 saturated heterocycles. The van der Waals surface area contributed by atoms with Crippen LogP contribution < -0.4 is 5.73 Å². The zero-order chi connectivity index (χ0) is 10.8. The molecule has 0 unspecified atom stereocenters. The minimum absolute atomic E-state index is 0.513. The number of hydrogen-bond acceptors (Lipinski definition) is 3. The van der Waals surface area contributed by atoms with Gasteiger partial charge in [-0.1, -0.05) is 29.3 Å². The zero-order valence-corrected chi connectivity index (χ0v) is 10.0. The van der Waals surface area contributed by atoms with Gasteiger partial charge in [0.15, 0.2) is 0 Å². The molecule has 0 aliphatic heterocycles. The van der Waals surface area contributed by atoms with Crippen LogP contribution in [0.25, 0.3) is 11.3 Å². The van der Waals surface area contributed by atoms with E-state index in [1.165, 1.54) is 11.5 Å². The lowest BCUT2D eigenvalue weighted by Crippen LogP contribution is -1.91. The van der Waals surface area contributed by atoms with Gasteiger partial charge in [-0.2, -0.15) is 4.37 Å². The summed E-state index contributed by atoms with van der Waals surface area (Å²) in [6.07, 6.45) is 0. The average Bonchev–Trinajstić information content (AvgIpc) is 2.70. The molecule has 0 atom stereocenters. The van der Waals surface area contributed by atoms with Crippen LogP contribution in [0.15, 0.2) is 24.3 Å². The lowest BCUT2D eigenvalue weighted by Gasteiger charge is -1.98. The molecular formula is C10H8Cl2N2S. The predicted molar refractivity (Wildman–Crippen MR) is 65.5 cm³/mol. The molecule has 0 radical (unpaired) electrons. The van der Waals surface area contributed by atoms with E-state index < -0.39 is 0 Å². The molecular weight excluding hydrogens is 251 g/mol. The molecule has 1 aromatic carbocycles. The van der Waals surface area contributed by atoms with Crippen LogP contribution in [0.4, 0.5) is 0 Å². The quantitative estimate of drug-likeness (QED) is 0.895. The minimum atomic E-state index is 0.513. The predicted octanol–water partition coefficient (Wildman–Crippen LogP) is 3.58. The molecule has 0 aliphatic carbocycles. The summed E-state index contributed by atoms with van der Waals surface area (Å²) < 4.78 is 4.29. The third-order valence-corrected chi connectivity index (χ3v) is 3.52. The lowest BCUT2D eigenvalue weighted by molar-refractivity contribution is 1.11. The highest BCUT2D eigenvalue weighted by atomic mass is 35.5. The largest absolute Gasteiger partial charge is 0.326 e. The van der Waals surface area contributed by atoms with E-state index in [0.717, 1.165) is 16.1 Å². The summed E-state index contributed by atoms with van der Waals surface area (Å²) in [5.41, 5.74) is 7.37. The molecule has 5 heteroatoms. The maximum atomic E-state index is 5.92. The van der Waals surface area contributed by atoms with Gasteiger partial charge < -0.3 is 5.73 Å². The molecule has 15 heavy (non-hydrogen) atoms. The van der Waals surface area contributed by atoms with Crippen molar-refractivity contribution in [3.8, 4) is 11.3 Å². The maximum absolute atomic E-state index is 5.92. The van der Waals surface area contributed by atoms with Gasteiger partial charge in [-0.15, -0.1) is 0 Å². The van der Waals surface area contributed by atoms with E-state index in [0.29, 0.717) is 16.6 Å². The first-order valence-corrected chi connectivity index (χ1v) is 5.84. The lowest BCUT2D eigenvalue weighted by atomic mass is 10.1. The summed E-state index contributed by atoms with van der Waals surface area (Å²) in [7, 11) is 0. The van der Waals surface area contributed by atoms with E-state index >= 15 is 0 Å². The van der Waals surface area contributed by atoms with Gasteiger partial charge in [0.2, 0.25) is 0 Å². The highest BCUT2D eigenvalue weighted by Crippen LogP contribution is 2.29. The molecule has 2 nitrogen and oxygen atoms in total. The van der Waals surface area contributed by atoms with E-state index in [1.54, 1.807) is 12.1 Å². The van der Waals surface area contributed by atoms with Crippen molar-refractivity contribution in [2.24, 2.45) is 5.73 Å². The normalized spacial score (nSPS) is 10.6. The first kappa shape index (κ1) is 10.9. The Balaban J connectivity index is 2.40. The van der Waals surface area contributed by atoms with Crippen LogP contribution in [-0.2, 0) is 6.54 Å². The summed E-state index contributed by atoms with van der Waals surface area (Å²) in [6.45, 7) is 0.513. The molecule has 0 spiro atoms. The maximum Gasteiger partial charge on any atom is 0.0844 e. The zero-order valence-electron chi connectivity index (χ0n) is 7.71. The SMILES string of the molecule is NCc1cc(-c2ccc(Cl)c(Cl)c2)ns1. The van der Waals surface area contributed by atoms with Crippen molar-refractivity contribution >= 4 is 34.7 Å². The van der Waals surface area contributed by atoms with Crippen LogP contribution in [0.2, 0.25) is 10.0 Å². The highest BCUT2D eigenvalue weighted by Gasteiger charge is 2.05. The summed E-state index contributed by atoms with van der Waals surface area (Å²) in [5.74, 6) is 0. The summed E-state index contributed by atoms with van der Waals surface area (Å²) in [6, 6.07) is 7.42. The Bertz CT molecular complexity index is 482. The van der Waals surface area contributed by atoms with Crippen molar-refractivity contribution in [1.82, 2.24) is 4.37 Å². The molecule has 0 aliphatic rings. The molecule has 1 heterocycles. The van der Waals surface area contributed by atoms with Crippen LogP contribution >= 0.6 is 34.7 Å². The van der Waals surface area contributed by atoms with Gasteiger partial charge in [-0.25, -0.2) is 0 Å². The molecule has 0 fully saturated rings. The van der Waals surface area contributed by atoms with Gasteiger partial charge in [0.25, 0.3) is 0 Å². The minimum Gasteiger partial charge on any atom is -0.326 e. The van der Waals surface area contributed by atoms with E-state index in [-0.39, 0.29) is 0 Å². The molecule has 2 rings (SSSR count). The third kappa shape index (κ3) is 2.32. The third-order valence-electron chi connectivity index (χ3n) is 1.98. The standard InChI is InChI=1S/C10H8Cl2N2S/c11-8-2-1-6(3-9(8)12)10-4-7(5-13)15-14-10/h1-4H,5,13H2. The van der Waals surface area contributed by atoms with E-state index in [4.69, 9.17) is 28.9 Å². The molecule has 2 N–H and O–H groups in total. The van der Waals surface area contributed by atoms with Crippen molar-refractivity contribution in [3.63, 3.8) is 0 Å². The number of halogens is 2. The van der Waals surface area contributed by atoms with Crippen LogP contribution in [0.3, 0.4) is 0 Å². The monoisotopic (exact) mass is 258 g/mol. The smallest absolute Gasteiger partial charge is 0.0844 e. The van der Waals surface area contributed by atoms with Crippen LogP contribution in [0, 0.1) is 0 Å². The second-order valence-electron chi connectivity index (χ2n) is 3.01. The summed E-state index contributed by atoms with van der Waals surface area (Å²) >= 11 is 13.2. The fourth-order valence-corrected chi connectivity index (χ4v) is 2.11. The number of rotatable bonds is 2. The Morgan fingerprint density at radius 2 is 2.00 bits per heavy atom. The number of nitrogens with two attached hydrogens (primary N) is 1. The van der Waals surface area contributed by atoms with Gasteiger partial charge >= 0.3 is 0 Å². The van der Waals surface area contributed by atoms with Gasteiger partial charge in [0.05, 0.1) is 15.7 Å². The molecule has 78 valence electrons. The van der Waals surface area contributed by atoms with Crippen LogP contribution in [0.1, 0.15) is 4.88 Å². The topological polar surface area (TPSA) is 38.9 Å². The van der Waals surface area contributed by atoms with Crippen molar-refractivity contribution in [3.05, 3.63) is 39.2 Å². The Labute approximate surface area is 102 Å². The Hall–Kier alpha value is -0.610. The number of nitrogens with zero attached hydrogens (tertiary/aromatic N) is 1. The fraction of sp³-hybridized carbons (Fsp3) is 0.100. The Kier molecular flexibility index (Phi) is 3.26. The fourth-order valence-electron chi connectivity index (χ4n) is 1.20. The number of benzene rings is 1. The Morgan fingerprint density at radius 1 is 1.20 bits per heavy atom. The van der Waals surface area contributed by atoms with E-state index in [9.17, 15) is 0 Å². The summed E-state index contributed by atoms with van der Waals surface area (Å²) in [4.78, 5) is 1.05. The average molecular weight is 259 g/mol. The van der Waals surface area contributed by atoms with Crippen LogP contribution in [0.5, 0.6) is 0 Å². The van der Waals surface area contributed by atoms with Crippen molar-refractivity contribution in [2.45, 2.75) is 6.54 Å². The molecule has 1 aromatic heterocycles. The van der Waals surface area contributed by atoms with Crippen molar-refractivity contribution in [2.75, 3.05) is 0 Å². The van der Waals surface area contributed by atoms with Crippen LogP contribution in [-0.4, -0.2) is 4.37 Å². The second kappa shape index (κ2) is 4.49. The first-order chi connectivity index (χ1) is 7.20. The van der Waals surface area contributed by atoms with Gasteiger partial charge in [-0.3, -0.25) is 0 Å². The number of aromatic nitrogens is 1. The van der Waals surface area contributed by atoms with E-state index in [1.807, 2.05) is 12.1 Å². The Morgan fingerprint density at radius 3 is 2.60 bits per heavy atom. The molecule has 0 saturated carbocycles. The van der Waals surface area contributed by atoms with E-state index in [2.05, 4.69) is 4.37 Å². The van der Waals surface area contributed by atoms with Gasteiger partial charge in [0.1, 0.15) is 0 Å².